The van der Waals surface area contributed by atoms with Crippen LogP contribution in [-0.4, -0.2) is 20.0 Å². The van der Waals surface area contributed by atoms with Crippen molar-refractivity contribution in [2.75, 3.05) is 0 Å². The molecule has 130 valence electrons. The second-order valence-corrected chi connectivity index (χ2v) is 8.21. The van der Waals surface area contributed by atoms with Gasteiger partial charge in [-0.3, -0.25) is 4.68 Å². The largest absolute Gasteiger partial charge is 0.433 e. The zero-order valence-electron chi connectivity index (χ0n) is 14.5. The van der Waals surface area contributed by atoms with Crippen LogP contribution in [0.1, 0.15) is 51.6 Å². The molecule has 0 fully saturated rings. The highest BCUT2D eigenvalue weighted by molar-refractivity contribution is 5.63. The summed E-state index contributed by atoms with van der Waals surface area (Å²) in [6, 6.07) is 1.73. The first-order valence-electron chi connectivity index (χ1n) is 7.90. The Bertz CT molecular complexity index is 782. The zero-order chi connectivity index (χ0) is 17.9. The Kier molecular flexibility index (Phi) is 3.55. The van der Waals surface area contributed by atoms with Crippen LogP contribution in [0.15, 0.2) is 12.3 Å². The fraction of sp³-hybridized carbons (Fsp3) is 0.588. The normalized spacial score (nSPS) is 17.2. The van der Waals surface area contributed by atoms with E-state index in [2.05, 4.69) is 29.1 Å². The fourth-order valence-corrected chi connectivity index (χ4v) is 3.24. The summed E-state index contributed by atoms with van der Waals surface area (Å²) in [6.45, 7) is 9.31. The van der Waals surface area contributed by atoms with Crippen molar-refractivity contribution in [1.82, 2.24) is 20.0 Å². The Labute approximate surface area is 139 Å². The predicted molar refractivity (Wildman–Crippen MR) is 84.4 cm³/mol. The van der Waals surface area contributed by atoms with Gasteiger partial charge in [0.1, 0.15) is 0 Å². The van der Waals surface area contributed by atoms with Crippen molar-refractivity contribution < 1.29 is 13.2 Å². The summed E-state index contributed by atoms with van der Waals surface area (Å²) in [5.74, 6) is 0. The molecule has 2 aromatic rings. The van der Waals surface area contributed by atoms with Crippen LogP contribution in [0.25, 0.3) is 11.3 Å². The van der Waals surface area contributed by atoms with E-state index in [1.165, 1.54) is 6.20 Å². The number of alkyl halides is 3. The smallest absolute Gasteiger partial charge is 0.254 e. The average molecular weight is 338 g/mol. The van der Waals surface area contributed by atoms with Crippen molar-refractivity contribution in [1.29, 1.82) is 0 Å². The van der Waals surface area contributed by atoms with Gasteiger partial charge in [0.15, 0.2) is 5.69 Å². The Balaban J connectivity index is 2.14. The van der Waals surface area contributed by atoms with E-state index >= 15 is 0 Å². The molecule has 4 nitrogen and oxygen atoms in total. The maximum atomic E-state index is 13.6. The molecule has 24 heavy (non-hydrogen) atoms. The van der Waals surface area contributed by atoms with Crippen LogP contribution in [0.5, 0.6) is 0 Å². The van der Waals surface area contributed by atoms with E-state index in [1.54, 1.807) is 26.8 Å². The number of fused-ring (bicyclic) bond motifs is 1. The van der Waals surface area contributed by atoms with Gasteiger partial charge in [0.2, 0.25) is 0 Å². The van der Waals surface area contributed by atoms with E-state index in [4.69, 9.17) is 0 Å². The quantitative estimate of drug-likeness (QED) is 0.781. The SMILES string of the molecule is CC1(C)Cc2cc(-c3cnn(C(C)(C)C)c3C(F)(F)F)nnc2C1. The summed E-state index contributed by atoms with van der Waals surface area (Å²) in [5.41, 5.74) is 0.572. The monoisotopic (exact) mass is 338 g/mol. The molecule has 0 N–H and O–H groups in total. The molecule has 3 rings (SSSR count). The molecule has 2 aromatic heterocycles. The first-order valence-corrected chi connectivity index (χ1v) is 7.90. The molecule has 0 amide bonds. The van der Waals surface area contributed by atoms with Crippen LogP contribution < -0.4 is 0 Å². The second-order valence-electron chi connectivity index (χ2n) is 8.21. The molecule has 1 aliphatic carbocycles. The molecule has 2 heterocycles. The first-order chi connectivity index (χ1) is 10.9. The zero-order valence-corrected chi connectivity index (χ0v) is 14.5. The molecule has 0 saturated heterocycles. The van der Waals surface area contributed by atoms with Crippen LogP contribution in [0.4, 0.5) is 13.2 Å². The van der Waals surface area contributed by atoms with Gasteiger partial charge in [-0.25, -0.2) is 0 Å². The van der Waals surface area contributed by atoms with E-state index in [9.17, 15) is 13.2 Å². The highest BCUT2D eigenvalue weighted by Crippen LogP contribution is 2.40. The van der Waals surface area contributed by atoms with E-state index in [1.807, 2.05) is 0 Å². The van der Waals surface area contributed by atoms with E-state index in [0.717, 1.165) is 28.8 Å². The van der Waals surface area contributed by atoms with Crippen LogP contribution in [-0.2, 0) is 24.6 Å². The van der Waals surface area contributed by atoms with Gasteiger partial charge >= 0.3 is 6.18 Å². The molecule has 0 bridgehead atoms. The van der Waals surface area contributed by atoms with E-state index < -0.39 is 17.4 Å². The van der Waals surface area contributed by atoms with E-state index in [0.29, 0.717) is 0 Å². The molecule has 0 saturated carbocycles. The third-order valence-electron chi connectivity index (χ3n) is 4.22. The predicted octanol–water partition coefficient (Wildman–Crippen LogP) is 4.24. The van der Waals surface area contributed by atoms with Crippen LogP contribution in [0, 0.1) is 5.41 Å². The minimum Gasteiger partial charge on any atom is -0.254 e. The lowest BCUT2D eigenvalue weighted by atomic mass is 9.90. The maximum Gasteiger partial charge on any atom is 0.433 e. The summed E-state index contributed by atoms with van der Waals surface area (Å²) in [4.78, 5) is 0. The van der Waals surface area contributed by atoms with Crippen molar-refractivity contribution in [3.8, 4) is 11.3 Å². The number of hydrogen-bond acceptors (Lipinski definition) is 3. The van der Waals surface area contributed by atoms with Crippen LogP contribution in [0.2, 0.25) is 0 Å². The van der Waals surface area contributed by atoms with Gasteiger partial charge in [0.25, 0.3) is 0 Å². The van der Waals surface area contributed by atoms with E-state index in [-0.39, 0.29) is 16.7 Å². The maximum absolute atomic E-state index is 13.6. The molecule has 0 atom stereocenters. The number of halogens is 3. The highest BCUT2D eigenvalue weighted by Gasteiger charge is 2.41. The van der Waals surface area contributed by atoms with Gasteiger partial charge in [0.05, 0.1) is 28.7 Å². The Hall–Kier alpha value is -1.92. The standard InChI is InChI=1S/C17H21F3N4/c1-15(2,3)24-14(17(18,19)20)11(9-21-24)12-6-10-7-16(4,5)8-13(10)23-22-12/h6,9H,7-8H2,1-5H3. The number of rotatable bonds is 1. The lowest BCUT2D eigenvalue weighted by Gasteiger charge is -2.23. The van der Waals surface area contributed by atoms with Crippen molar-refractivity contribution in [2.45, 2.75) is 59.2 Å². The number of nitrogens with zero attached hydrogens (tertiary/aromatic N) is 4. The summed E-state index contributed by atoms with van der Waals surface area (Å²) in [7, 11) is 0. The lowest BCUT2D eigenvalue weighted by molar-refractivity contribution is -0.145. The Morgan fingerprint density at radius 2 is 1.75 bits per heavy atom. The van der Waals surface area contributed by atoms with Crippen LogP contribution >= 0.6 is 0 Å². The fourth-order valence-electron chi connectivity index (χ4n) is 3.24. The molecule has 0 unspecified atom stereocenters. The average Bonchev–Trinajstić information content (AvgIpc) is 2.95. The Morgan fingerprint density at radius 1 is 1.08 bits per heavy atom. The summed E-state index contributed by atoms with van der Waals surface area (Å²) >= 11 is 0. The van der Waals surface area contributed by atoms with Gasteiger partial charge in [-0.15, -0.1) is 0 Å². The molecule has 7 heteroatoms. The van der Waals surface area contributed by atoms with Crippen molar-refractivity contribution in [2.24, 2.45) is 5.41 Å². The molecule has 0 aromatic carbocycles. The van der Waals surface area contributed by atoms with Crippen LogP contribution in [0.3, 0.4) is 0 Å². The summed E-state index contributed by atoms with van der Waals surface area (Å²) < 4.78 is 42.0. The molecule has 0 spiro atoms. The second kappa shape index (κ2) is 5.04. The highest BCUT2D eigenvalue weighted by atomic mass is 19.4. The number of hydrogen-bond donors (Lipinski definition) is 0. The van der Waals surface area contributed by atoms with Gasteiger partial charge in [0, 0.05) is 0 Å². The minimum absolute atomic E-state index is 0.0163. The first kappa shape index (κ1) is 16.9. The van der Waals surface area contributed by atoms with Crippen molar-refractivity contribution in [3.63, 3.8) is 0 Å². The molecule has 0 aliphatic heterocycles. The number of aromatic nitrogens is 4. The van der Waals surface area contributed by atoms with Gasteiger partial charge in [-0.1, -0.05) is 13.8 Å². The topological polar surface area (TPSA) is 43.6 Å². The lowest BCUT2D eigenvalue weighted by Crippen LogP contribution is -2.29. The molecular formula is C17H21F3N4. The van der Waals surface area contributed by atoms with Gasteiger partial charge in [-0.05, 0) is 50.7 Å². The van der Waals surface area contributed by atoms with Gasteiger partial charge in [-0.2, -0.15) is 28.5 Å². The Morgan fingerprint density at radius 3 is 2.33 bits per heavy atom. The minimum atomic E-state index is -4.51. The van der Waals surface area contributed by atoms with Crippen molar-refractivity contribution >= 4 is 0 Å². The third-order valence-corrected chi connectivity index (χ3v) is 4.22. The van der Waals surface area contributed by atoms with Gasteiger partial charge < -0.3 is 0 Å². The summed E-state index contributed by atoms with van der Waals surface area (Å²) in [5, 5.41) is 12.2. The third kappa shape index (κ3) is 2.91. The molecule has 0 radical (unpaired) electrons. The molecule has 1 aliphatic rings. The summed E-state index contributed by atoms with van der Waals surface area (Å²) in [6.07, 6.45) is -1.69. The molecular weight excluding hydrogens is 317 g/mol. The van der Waals surface area contributed by atoms with Crippen molar-refractivity contribution in [3.05, 3.63) is 29.2 Å².